The van der Waals surface area contributed by atoms with Gasteiger partial charge in [0, 0.05) is 40.7 Å². The van der Waals surface area contributed by atoms with Gasteiger partial charge in [-0.05, 0) is 49.4 Å². The van der Waals surface area contributed by atoms with Gasteiger partial charge >= 0.3 is 0 Å². The zero-order chi connectivity index (χ0) is 21.1. The van der Waals surface area contributed by atoms with Gasteiger partial charge in [-0.3, -0.25) is 14.9 Å². The predicted octanol–water partition coefficient (Wildman–Crippen LogP) is 4.88. The number of hydrogen-bond donors (Lipinski definition) is 1. The Kier molecular flexibility index (Phi) is 5.22. The fourth-order valence-electron chi connectivity index (χ4n) is 3.59. The van der Waals surface area contributed by atoms with E-state index in [-0.39, 0.29) is 0 Å². The van der Waals surface area contributed by atoms with Gasteiger partial charge in [0.2, 0.25) is 0 Å². The zero-order valence-corrected chi connectivity index (χ0v) is 16.4. The summed E-state index contributed by atoms with van der Waals surface area (Å²) in [5.74, 6) is -0.806. The molecule has 30 heavy (non-hydrogen) atoms. The van der Waals surface area contributed by atoms with Crippen molar-refractivity contribution in [3.63, 3.8) is 0 Å². The summed E-state index contributed by atoms with van der Waals surface area (Å²) in [5, 5.41) is 21.1. The number of hydrogen-bond acceptors (Lipinski definition) is 6. The molecule has 148 valence electrons. The largest absolute Gasteiger partial charge is 0.371 e. The van der Waals surface area contributed by atoms with Crippen molar-refractivity contribution in [2.75, 3.05) is 18.0 Å². The van der Waals surface area contributed by atoms with E-state index in [2.05, 4.69) is 26.5 Å². The van der Waals surface area contributed by atoms with E-state index in [0.29, 0.717) is 46.2 Å². The molecule has 1 aliphatic rings. The van der Waals surface area contributed by atoms with Crippen LogP contribution in [0.1, 0.15) is 34.1 Å². The van der Waals surface area contributed by atoms with Crippen molar-refractivity contribution in [3.8, 4) is 6.07 Å². The number of rotatable bonds is 6. The highest BCUT2D eigenvalue weighted by atomic mass is 16.2. The van der Waals surface area contributed by atoms with E-state index in [9.17, 15) is 9.59 Å². The van der Waals surface area contributed by atoms with Crippen LogP contribution in [0, 0.1) is 11.3 Å². The smallest absolute Gasteiger partial charge is 0.258 e. The second-order valence-electron chi connectivity index (χ2n) is 6.85. The summed E-state index contributed by atoms with van der Waals surface area (Å²) in [5.41, 5.74) is 3.22. The molecule has 0 radical (unpaired) electrons. The molecule has 0 bridgehead atoms. The van der Waals surface area contributed by atoms with Gasteiger partial charge in [0.1, 0.15) is 0 Å². The third-order valence-corrected chi connectivity index (χ3v) is 5.10. The Balaban J connectivity index is 1.64. The molecule has 0 fully saturated rings. The Labute approximate surface area is 173 Å². The summed E-state index contributed by atoms with van der Waals surface area (Å²) >= 11 is 0. The number of nitrogens with zero attached hydrogens (tertiary/aromatic N) is 4. The van der Waals surface area contributed by atoms with Crippen LogP contribution in [0.5, 0.6) is 0 Å². The SMILES string of the molecule is CCN(CCC#N)c1ccc(N=Nc2ccc3c4c(cccc24)C(=O)NC3=O)cc1. The van der Waals surface area contributed by atoms with Crippen molar-refractivity contribution in [2.24, 2.45) is 10.2 Å². The normalized spacial score (nSPS) is 12.8. The van der Waals surface area contributed by atoms with Gasteiger partial charge in [0.25, 0.3) is 11.8 Å². The summed E-state index contributed by atoms with van der Waals surface area (Å²) in [4.78, 5) is 26.4. The maximum absolute atomic E-state index is 12.1. The Morgan fingerprint density at radius 3 is 2.40 bits per heavy atom. The molecule has 0 aromatic heterocycles. The molecule has 3 aromatic rings. The number of benzene rings is 3. The van der Waals surface area contributed by atoms with Crippen LogP contribution in [0.2, 0.25) is 0 Å². The van der Waals surface area contributed by atoms with Crippen molar-refractivity contribution >= 4 is 39.6 Å². The van der Waals surface area contributed by atoms with Crippen molar-refractivity contribution < 1.29 is 9.59 Å². The number of azo groups is 1. The second-order valence-corrected chi connectivity index (χ2v) is 6.85. The average molecular weight is 397 g/mol. The molecule has 0 saturated carbocycles. The number of amides is 2. The number of carbonyl (C=O) groups is 2. The van der Waals surface area contributed by atoms with Gasteiger partial charge in [0.15, 0.2) is 0 Å². The Morgan fingerprint density at radius 2 is 1.70 bits per heavy atom. The number of carbonyl (C=O) groups excluding carboxylic acids is 2. The van der Waals surface area contributed by atoms with Gasteiger partial charge in [-0.2, -0.15) is 10.4 Å². The van der Waals surface area contributed by atoms with Crippen LogP contribution >= 0.6 is 0 Å². The summed E-state index contributed by atoms with van der Waals surface area (Å²) in [6, 6.07) is 18.5. The summed E-state index contributed by atoms with van der Waals surface area (Å²) < 4.78 is 0. The van der Waals surface area contributed by atoms with E-state index in [1.54, 1.807) is 24.3 Å². The molecule has 3 aromatic carbocycles. The molecule has 1 N–H and O–H groups in total. The summed E-state index contributed by atoms with van der Waals surface area (Å²) in [7, 11) is 0. The molecule has 0 saturated heterocycles. The standard InChI is InChI=1S/C23H19N5O2/c1-2-28(14-4-13-24)16-9-7-15(8-10-16)26-27-20-12-11-19-21-17(20)5-3-6-18(21)22(29)25-23(19)30/h3,5-12H,2,4,14H2,1H3,(H,25,29,30). The van der Waals surface area contributed by atoms with E-state index in [4.69, 9.17) is 5.26 Å². The topological polar surface area (TPSA) is 97.9 Å². The van der Waals surface area contributed by atoms with Gasteiger partial charge in [-0.25, -0.2) is 0 Å². The monoisotopic (exact) mass is 397 g/mol. The van der Waals surface area contributed by atoms with E-state index >= 15 is 0 Å². The van der Waals surface area contributed by atoms with Crippen molar-refractivity contribution in [3.05, 3.63) is 65.7 Å². The Morgan fingerprint density at radius 1 is 0.967 bits per heavy atom. The van der Waals surface area contributed by atoms with Gasteiger partial charge in [-0.1, -0.05) is 12.1 Å². The molecule has 7 heteroatoms. The third-order valence-electron chi connectivity index (χ3n) is 5.10. The van der Waals surface area contributed by atoms with Crippen LogP contribution in [-0.2, 0) is 0 Å². The summed E-state index contributed by atoms with van der Waals surface area (Å²) in [6.07, 6.45) is 0.473. The molecular formula is C23H19N5O2. The second kappa shape index (κ2) is 8.13. The van der Waals surface area contributed by atoms with Crippen molar-refractivity contribution in [2.45, 2.75) is 13.3 Å². The molecule has 0 aliphatic carbocycles. The minimum Gasteiger partial charge on any atom is -0.371 e. The van der Waals surface area contributed by atoms with Gasteiger partial charge in [0.05, 0.1) is 23.9 Å². The first-order valence-electron chi connectivity index (χ1n) is 9.67. The number of imide groups is 1. The van der Waals surface area contributed by atoms with E-state index < -0.39 is 11.8 Å². The highest BCUT2D eigenvalue weighted by Crippen LogP contribution is 2.34. The first-order chi connectivity index (χ1) is 14.6. The molecular weight excluding hydrogens is 378 g/mol. The molecule has 0 atom stereocenters. The number of nitriles is 1. The number of nitrogens with one attached hydrogen (secondary N) is 1. The van der Waals surface area contributed by atoms with Crippen LogP contribution in [0.3, 0.4) is 0 Å². The predicted molar refractivity (Wildman–Crippen MR) is 114 cm³/mol. The lowest BCUT2D eigenvalue weighted by molar-refractivity contribution is 0.0845. The molecule has 7 nitrogen and oxygen atoms in total. The van der Waals surface area contributed by atoms with E-state index in [1.807, 2.05) is 37.3 Å². The highest BCUT2D eigenvalue weighted by molar-refractivity contribution is 6.26. The van der Waals surface area contributed by atoms with Crippen LogP contribution in [-0.4, -0.2) is 24.9 Å². The van der Waals surface area contributed by atoms with Crippen LogP contribution < -0.4 is 10.2 Å². The maximum Gasteiger partial charge on any atom is 0.258 e. The first kappa shape index (κ1) is 19.3. The van der Waals surface area contributed by atoms with E-state index in [1.165, 1.54) is 0 Å². The fraction of sp³-hybridized carbons (Fsp3) is 0.174. The molecule has 1 heterocycles. The van der Waals surface area contributed by atoms with Gasteiger partial charge in [-0.15, -0.1) is 5.11 Å². The van der Waals surface area contributed by atoms with Gasteiger partial charge < -0.3 is 4.90 Å². The third kappa shape index (κ3) is 3.51. The molecule has 4 rings (SSSR count). The highest BCUT2D eigenvalue weighted by Gasteiger charge is 2.25. The number of anilines is 1. The lowest BCUT2D eigenvalue weighted by Crippen LogP contribution is -2.34. The molecule has 2 amide bonds. The van der Waals surface area contributed by atoms with Crippen LogP contribution in [0.25, 0.3) is 10.8 Å². The van der Waals surface area contributed by atoms with Crippen LogP contribution in [0.15, 0.2) is 64.8 Å². The molecule has 0 unspecified atom stereocenters. The van der Waals surface area contributed by atoms with Crippen molar-refractivity contribution in [1.82, 2.24) is 5.32 Å². The maximum atomic E-state index is 12.1. The van der Waals surface area contributed by atoms with Crippen LogP contribution in [0.4, 0.5) is 17.1 Å². The first-order valence-corrected chi connectivity index (χ1v) is 9.67. The quantitative estimate of drug-likeness (QED) is 0.473. The lowest BCUT2D eigenvalue weighted by atomic mass is 9.94. The van der Waals surface area contributed by atoms with Crippen molar-refractivity contribution in [1.29, 1.82) is 5.26 Å². The Hall–Kier alpha value is -4.05. The minimum absolute atomic E-state index is 0.403. The zero-order valence-electron chi connectivity index (χ0n) is 16.4. The molecule has 0 spiro atoms. The van der Waals surface area contributed by atoms with E-state index in [0.717, 1.165) is 12.2 Å². The molecule has 1 aliphatic heterocycles. The minimum atomic E-state index is -0.403. The average Bonchev–Trinajstić information content (AvgIpc) is 2.77. The summed E-state index contributed by atoms with van der Waals surface area (Å²) in [6.45, 7) is 3.55. The fourth-order valence-corrected chi connectivity index (χ4v) is 3.59. The lowest BCUT2D eigenvalue weighted by Gasteiger charge is -2.21. The Bertz CT molecular complexity index is 1190.